The lowest BCUT2D eigenvalue weighted by molar-refractivity contribution is -0.138. The average molecular weight is 908 g/mol. The van der Waals surface area contributed by atoms with Crippen molar-refractivity contribution in [2.45, 2.75) is 76.2 Å². The van der Waals surface area contributed by atoms with Gasteiger partial charge in [0.05, 0.1) is 4.47 Å². The fourth-order valence-corrected chi connectivity index (χ4v) is 8.46. The van der Waals surface area contributed by atoms with Gasteiger partial charge in [0.25, 0.3) is 11.8 Å². The van der Waals surface area contributed by atoms with Crippen molar-refractivity contribution in [2.24, 2.45) is 0 Å². The first-order valence-electron chi connectivity index (χ1n) is 20.3. The van der Waals surface area contributed by atoms with E-state index in [-0.39, 0.29) is 11.8 Å². The third-order valence-corrected chi connectivity index (χ3v) is 11.5. The van der Waals surface area contributed by atoms with Gasteiger partial charge in [-0.15, -0.1) is 0 Å². The van der Waals surface area contributed by atoms with Gasteiger partial charge in [-0.05, 0) is 116 Å². The molecule has 322 valence electrons. The number of carbonyl (C=O) groups is 6. The standard InChI is InChI=1S/C46H47BrN6O9/c1-46(2,3)62-45(60)51-38(28-14-8-5-9-15-28)43(57)53-25-11-17-34(53)41(55)49-31-22-23-35-32(26-31)36(47)39(61-35)29-18-20-30(21-19-29)48-40(54)33-16-10-24-52(33)42(56)37(50-44(58)59)27-12-6-4-7-13-27/h4-9,12-15,18-23,26,33-34,37-38,50H,10-11,16-17,24-25H2,1-3H3,(H,48,54)(H,49,55)(H,51,60)(H,58,59)/t33-,34?,37-,38?/m0/s1. The Balaban J connectivity index is 1.01. The minimum atomic E-state index is -1.35. The molecule has 4 atom stereocenters. The molecule has 0 aliphatic carbocycles. The Labute approximate surface area is 366 Å². The molecule has 5 aromatic rings. The number of nitrogens with one attached hydrogen (secondary N) is 4. The van der Waals surface area contributed by atoms with E-state index in [9.17, 15) is 33.9 Å². The highest BCUT2D eigenvalue weighted by atomic mass is 79.9. The van der Waals surface area contributed by atoms with Gasteiger partial charge in [-0.2, -0.15) is 0 Å². The van der Waals surface area contributed by atoms with Crippen molar-refractivity contribution in [2.75, 3.05) is 23.7 Å². The number of hydrogen-bond donors (Lipinski definition) is 5. The largest absolute Gasteiger partial charge is 0.465 e. The Hall–Kier alpha value is -6.68. The number of fused-ring (bicyclic) bond motifs is 1. The maximum Gasteiger partial charge on any atom is 0.408 e. The summed E-state index contributed by atoms with van der Waals surface area (Å²) in [5.74, 6) is -1.15. The van der Waals surface area contributed by atoms with E-state index in [1.54, 1.807) is 118 Å². The van der Waals surface area contributed by atoms with E-state index in [1.807, 2.05) is 6.07 Å². The second kappa shape index (κ2) is 18.5. The quantitative estimate of drug-likeness (QED) is 0.0872. The summed E-state index contributed by atoms with van der Waals surface area (Å²) < 4.78 is 12.3. The maximum absolute atomic E-state index is 14.0. The van der Waals surface area contributed by atoms with Crippen LogP contribution in [0.4, 0.5) is 21.0 Å². The number of benzene rings is 4. The summed E-state index contributed by atoms with van der Waals surface area (Å²) in [4.78, 5) is 82.3. The molecule has 0 saturated carbocycles. The molecule has 0 spiro atoms. The number of alkyl carbamates (subject to hydrolysis) is 1. The summed E-state index contributed by atoms with van der Waals surface area (Å²) in [6.07, 6.45) is -0.0179. The molecule has 2 aliphatic rings. The van der Waals surface area contributed by atoms with Crippen LogP contribution in [0.15, 0.2) is 112 Å². The Bertz CT molecular complexity index is 2470. The molecule has 3 heterocycles. The van der Waals surface area contributed by atoms with Crippen molar-refractivity contribution in [3.05, 3.63) is 119 Å². The average Bonchev–Trinajstić information content (AvgIpc) is 4.02. The second-order valence-corrected chi connectivity index (χ2v) is 17.0. The van der Waals surface area contributed by atoms with E-state index in [4.69, 9.17) is 9.15 Å². The Kier molecular flexibility index (Phi) is 13.0. The van der Waals surface area contributed by atoms with Gasteiger partial charge in [-0.3, -0.25) is 19.2 Å². The lowest BCUT2D eigenvalue weighted by atomic mass is 10.0. The van der Waals surface area contributed by atoms with Crippen molar-refractivity contribution in [1.29, 1.82) is 0 Å². The first kappa shape index (κ1) is 43.4. The van der Waals surface area contributed by atoms with E-state index < -0.39 is 53.8 Å². The van der Waals surface area contributed by atoms with Crippen molar-refractivity contribution < 1.29 is 43.0 Å². The Morgan fingerprint density at radius 1 is 0.710 bits per heavy atom. The molecular formula is C46H47BrN6O9. The van der Waals surface area contributed by atoms with E-state index in [1.165, 1.54) is 9.80 Å². The zero-order chi connectivity index (χ0) is 44.1. The predicted octanol–water partition coefficient (Wildman–Crippen LogP) is 8.00. The molecule has 4 aromatic carbocycles. The van der Waals surface area contributed by atoms with E-state index in [0.717, 1.165) is 0 Å². The van der Waals surface area contributed by atoms with Crippen LogP contribution in [-0.4, -0.2) is 81.5 Å². The minimum Gasteiger partial charge on any atom is -0.465 e. The molecule has 6 amide bonds. The summed E-state index contributed by atoms with van der Waals surface area (Å²) in [6.45, 7) is 5.87. The molecule has 2 unspecified atom stereocenters. The lowest BCUT2D eigenvalue weighted by Gasteiger charge is -2.29. The normalized spacial score (nSPS) is 17.2. The highest BCUT2D eigenvalue weighted by Crippen LogP contribution is 2.39. The smallest absolute Gasteiger partial charge is 0.408 e. The topological polar surface area (TPSA) is 200 Å². The SMILES string of the molecule is CC(C)(C)OC(=O)NC(C(=O)N1CCCC1C(=O)Nc1ccc2oc(-c3ccc(NC(=O)[C@@H]4CCCN4C(=O)[C@@H](NC(=O)O)c4ccccc4)cc3)c(Br)c2c1)c1ccccc1. The van der Waals surface area contributed by atoms with Crippen LogP contribution >= 0.6 is 15.9 Å². The van der Waals surface area contributed by atoms with Crippen LogP contribution in [0.25, 0.3) is 22.3 Å². The molecule has 7 rings (SSSR count). The number of anilines is 2. The number of carboxylic acid groups (broad SMARTS) is 1. The molecule has 0 radical (unpaired) electrons. The predicted molar refractivity (Wildman–Crippen MR) is 235 cm³/mol. The van der Waals surface area contributed by atoms with Crippen LogP contribution < -0.4 is 21.3 Å². The minimum absolute atomic E-state index is 0.314. The fourth-order valence-electron chi connectivity index (χ4n) is 7.84. The number of rotatable bonds is 11. The van der Waals surface area contributed by atoms with Gasteiger partial charge in [-0.25, -0.2) is 9.59 Å². The molecule has 2 saturated heterocycles. The summed E-state index contributed by atoms with van der Waals surface area (Å²) in [5.41, 5.74) is 2.51. The van der Waals surface area contributed by atoms with Crippen molar-refractivity contribution in [3.63, 3.8) is 0 Å². The fraction of sp³-hybridized carbons (Fsp3) is 0.304. The highest BCUT2D eigenvalue weighted by Gasteiger charge is 2.40. The number of nitrogens with zero attached hydrogens (tertiary/aromatic N) is 2. The van der Waals surface area contributed by atoms with Gasteiger partial charge in [0, 0.05) is 35.4 Å². The van der Waals surface area contributed by atoms with Gasteiger partial charge in [0.2, 0.25) is 11.8 Å². The van der Waals surface area contributed by atoms with Crippen molar-refractivity contribution >= 4 is 74.1 Å². The molecule has 2 aliphatic heterocycles. The zero-order valence-electron chi connectivity index (χ0n) is 34.4. The molecule has 5 N–H and O–H groups in total. The van der Waals surface area contributed by atoms with Gasteiger partial charge in [0.15, 0.2) is 0 Å². The number of furan rings is 1. The molecule has 15 nitrogen and oxygen atoms in total. The first-order valence-corrected chi connectivity index (χ1v) is 21.1. The highest BCUT2D eigenvalue weighted by molar-refractivity contribution is 9.10. The van der Waals surface area contributed by atoms with Crippen LogP contribution in [0.5, 0.6) is 0 Å². The number of carbonyl (C=O) groups excluding carboxylic acids is 5. The van der Waals surface area contributed by atoms with Crippen molar-refractivity contribution in [3.8, 4) is 11.3 Å². The summed E-state index contributed by atoms with van der Waals surface area (Å²) in [5, 5.41) is 21.0. The molecule has 0 bridgehead atoms. The van der Waals surface area contributed by atoms with Crippen LogP contribution in [0.2, 0.25) is 0 Å². The first-order chi connectivity index (χ1) is 29.7. The summed E-state index contributed by atoms with van der Waals surface area (Å²) >= 11 is 3.67. The summed E-state index contributed by atoms with van der Waals surface area (Å²) in [6, 6.07) is 25.8. The van der Waals surface area contributed by atoms with Crippen molar-refractivity contribution in [1.82, 2.24) is 20.4 Å². The van der Waals surface area contributed by atoms with E-state index >= 15 is 0 Å². The number of ether oxygens (including phenoxy) is 1. The molecule has 62 heavy (non-hydrogen) atoms. The van der Waals surface area contributed by atoms with Gasteiger partial charge in [-0.1, -0.05) is 60.7 Å². The number of hydrogen-bond acceptors (Lipinski definition) is 8. The van der Waals surface area contributed by atoms with Crippen LogP contribution in [0.1, 0.15) is 69.7 Å². The van der Waals surface area contributed by atoms with Crippen LogP contribution in [-0.2, 0) is 23.9 Å². The lowest BCUT2D eigenvalue weighted by Crippen LogP contribution is -2.49. The van der Waals surface area contributed by atoms with Crippen LogP contribution in [0.3, 0.4) is 0 Å². The van der Waals surface area contributed by atoms with Gasteiger partial charge in [0.1, 0.15) is 41.1 Å². The number of halogens is 1. The zero-order valence-corrected chi connectivity index (χ0v) is 35.9. The van der Waals surface area contributed by atoms with Gasteiger partial charge < -0.3 is 45.3 Å². The second-order valence-electron chi connectivity index (χ2n) is 16.2. The van der Waals surface area contributed by atoms with Gasteiger partial charge >= 0.3 is 12.2 Å². The molecule has 1 aromatic heterocycles. The van der Waals surface area contributed by atoms with E-state index in [2.05, 4.69) is 37.2 Å². The number of amides is 6. The van der Waals surface area contributed by atoms with E-state index in [0.29, 0.717) is 88.0 Å². The third kappa shape index (κ3) is 9.92. The van der Waals surface area contributed by atoms with Crippen LogP contribution in [0, 0.1) is 0 Å². The summed E-state index contributed by atoms with van der Waals surface area (Å²) in [7, 11) is 0. The molecule has 2 fully saturated rings. The maximum atomic E-state index is 14.0. The monoisotopic (exact) mass is 906 g/mol. The molecular weight excluding hydrogens is 860 g/mol. The molecule has 16 heteroatoms. The third-order valence-electron chi connectivity index (χ3n) is 10.7. The number of likely N-dealkylation sites (tertiary alicyclic amines) is 2. The Morgan fingerprint density at radius 2 is 1.21 bits per heavy atom. The Morgan fingerprint density at radius 3 is 1.73 bits per heavy atom.